The molecule has 0 amide bonds. The van der Waals surface area contributed by atoms with Crippen LogP contribution in [0.25, 0.3) is 0 Å². The van der Waals surface area contributed by atoms with Gasteiger partial charge in [0.2, 0.25) is 0 Å². The van der Waals surface area contributed by atoms with Crippen molar-refractivity contribution in [1.82, 2.24) is 9.97 Å². The Morgan fingerprint density at radius 1 is 0.708 bits per heavy atom. The van der Waals surface area contributed by atoms with Gasteiger partial charge in [-0.15, -0.1) is 0 Å². The summed E-state index contributed by atoms with van der Waals surface area (Å²) in [6.45, 7) is 0. The predicted octanol–water partition coefficient (Wildman–Crippen LogP) is 4.27. The predicted molar refractivity (Wildman–Crippen MR) is 97.6 cm³/mol. The van der Waals surface area contributed by atoms with E-state index in [-0.39, 0.29) is 0 Å². The number of hydrogen-bond acceptors (Lipinski definition) is 3. The van der Waals surface area contributed by atoms with Crippen molar-refractivity contribution in [2.45, 2.75) is 12.8 Å². The second-order valence-electron chi connectivity index (χ2n) is 5.59. The highest BCUT2D eigenvalue weighted by molar-refractivity contribution is 7.71. The summed E-state index contributed by atoms with van der Waals surface area (Å²) in [5.41, 5.74) is 4.64. The first-order chi connectivity index (χ1) is 11.7. The van der Waals surface area contributed by atoms with Crippen molar-refractivity contribution >= 4 is 12.2 Å². The van der Waals surface area contributed by atoms with Crippen molar-refractivity contribution < 1.29 is 9.47 Å². The van der Waals surface area contributed by atoms with Gasteiger partial charge < -0.3 is 19.4 Å². The highest BCUT2D eigenvalue weighted by Gasteiger charge is 2.08. The Labute approximate surface area is 146 Å². The molecule has 1 heterocycles. The summed E-state index contributed by atoms with van der Waals surface area (Å²) in [6.07, 6.45) is 1.59. The molecule has 0 aliphatic rings. The van der Waals surface area contributed by atoms with Gasteiger partial charge in [0.15, 0.2) is 4.77 Å². The molecule has 2 aromatic carbocycles. The maximum atomic E-state index is 5.28. The summed E-state index contributed by atoms with van der Waals surface area (Å²) in [5, 5.41) is 0. The van der Waals surface area contributed by atoms with Crippen LogP contribution < -0.4 is 9.47 Å². The summed E-state index contributed by atoms with van der Waals surface area (Å²) in [7, 11) is 3.34. The topological polar surface area (TPSA) is 50.0 Å². The van der Waals surface area contributed by atoms with Gasteiger partial charge in [0.05, 0.1) is 14.2 Å². The molecule has 0 saturated heterocycles. The Morgan fingerprint density at radius 3 is 1.42 bits per heavy atom. The minimum Gasteiger partial charge on any atom is -0.497 e. The van der Waals surface area contributed by atoms with Crippen LogP contribution in [0.3, 0.4) is 0 Å². The number of aromatic nitrogens is 2. The minimum atomic E-state index is 0.655. The van der Waals surface area contributed by atoms with Crippen molar-refractivity contribution in [3.8, 4) is 11.5 Å². The number of aromatic amines is 2. The van der Waals surface area contributed by atoms with Crippen LogP contribution in [0.1, 0.15) is 22.5 Å². The van der Waals surface area contributed by atoms with E-state index in [1.54, 1.807) is 14.2 Å². The van der Waals surface area contributed by atoms with Crippen LogP contribution in [-0.4, -0.2) is 24.2 Å². The fourth-order valence-corrected chi connectivity index (χ4v) is 2.90. The van der Waals surface area contributed by atoms with Gasteiger partial charge >= 0.3 is 0 Å². The molecule has 0 bridgehead atoms. The maximum absolute atomic E-state index is 5.28. The molecule has 3 aromatic rings. The van der Waals surface area contributed by atoms with Gasteiger partial charge in [0.1, 0.15) is 11.5 Å². The zero-order valence-corrected chi connectivity index (χ0v) is 14.6. The lowest BCUT2D eigenvalue weighted by Crippen LogP contribution is -1.97. The lowest BCUT2D eigenvalue weighted by atomic mass is 10.0. The summed E-state index contributed by atoms with van der Waals surface area (Å²) in [6, 6.07) is 16.2. The Hall–Kier alpha value is -2.53. The van der Waals surface area contributed by atoms with Gasteiger partial charge in [-0.2, -0.15) is 0 Å². The van der Waals surface area contributed by atoms with E-state index in [4.69, 9.17) is 21.7 Å². The van der Waals surface area contributed by atoms with Crippen LogP contribution in [-0.2, 0) is 12.8 Å². The summed E-state index contributed by atoms with van der Waals surface area (Å²) >= 11 is 5.28. The molecule has 0 aliphatic heterocycles. The van der Waals surface area contributed by atoms with Gasteiger partial charge in [-0.1, -0.05) is 24.3 Å². The van der Waals surface area contributed by atoms with E-state index in [0.717, 1.165) is 35.7 Å². The number of benzene rings is 2. The highest BCUT2D eigenvalue weighted by Crippen LogP contribution is 2.19. The fraction of sp³-hybridized carbons (Fsp3) is 0.211. The molecule has 0 atom stereocenters. The summed E-state index contributed by atoms with van der Waals surface area (Å²) in [5.74, 6) is 1.72. The summed E-state index contributed by atoms with van der Waals surface area (Å²) in [4.78, 5) is 6.54. The Morgan fingerprint density at radius 2 is 1.08 bits per heavy atom. The number of imidazole rings is 1. The number of methoxy groups -OCH3 is 2. The molecule has 3 rings (SSSR count). The first-order valence-electron chi connectivity index (χ1n) is 7.74. The zero-order valence-electron chi connectivity index (χ0n) is 13.8. The number of rotatable bonds is 6. The minimum absolute atomic E-state index is 0.655. The van der Waals surface area contributed by atoms with E-state index in [1.165, 1.54) is 11.1 Å². The maximum Gasteiger partial charge on any atom is 0.174 e. The Bertz CT molecular complexity index is 778. The second kappa shape index (κ2) is 7.36. The van der Waals surface area contributed by atoms with Crippen molar-refractivity contribution in [1.29, 1.82) is 0 Å². The van der Waals surface area contributed by atoms with Crippen molar-refractivity contribution in [3.05, 3.63) is 75.8 Å². The number of nitrogens with one attached hydrogen (secondary N) is 2. The van der Waals surface area contributed by atoms with E-state index >= 15 is 0 Å². The molecule has 2 N–H and O–H groups in total. The molecule has 124 valence electrons. The lowest BCUT2D eigenvalue weighted by molar-refractivity contribution is 0.414. The van der Waals surface area contributed by atoms with Crippen molar-refractivity contribution in [3.63, 3.8) is 0 Å². The van der Waals surface area contributed by atoms with Crippen LogP contribution in [0, 0.1) is 4.77 Å². The molecule has 0 unspecified atom stereocenters. The molecule has 0 aliphatic carbocycles. The number of hydrogen-bond donors (Lipinski definition) is 2. The number of H-pyrrole nitrogens is 2. The van der Waals surface area contributed by atoms with E-state index in [2.05, 4.69) is 34.2 Å². The highest BCUT2D eigenvalue weighted by atomic mass is 32.1. The molecule has 0 radical (unpaired) electrons. The third-order valence-corrected chi connectivity index (χ3v) is 4.18. The molecule has 24 heavy (non-hydrogen) atoms. The monoisotopic (exact) mass is 340 g/mol. The van der Waals surface area contributed by atoms with Crippen LogP contribution in [0.15, 0.2) is 48.5 Å². The standard InChI is InChI=1S/C19H20N2O2S/c1-22-15-7-3-13(4-8-15)11-17-18(21-19(24)20-17)12-14-5-9-16(23-2)10-6-14/h3-10H,11-12H2,1-2H3,(H2,20,21,24). The van der Waals surface area contributed by atoms with Crippen LogP contribution in [0.5, 0.6) is 11.5 Å². The molecular formula is C19H20N2O2S. The Balaban J connectivity index is 1.79. The largest absolute Gasteiger partial charge is 0.497 e. The molecule has 0 spiro atoms. The first kappa shape index (κ1) is 16.3. The SMILES string of the molecule is COc1ccc(Cc2[nH]c(=S)[nH]c2Cc2ccc(OC)cc2)cc1. The third kappa shape index (κ3) is 3.86. The normalized spacial score (nSPS) is 10.6. The average Bonchev–Trinajstić information content (AvgIpc) is 2.95. The first-order valence-corrected chi connectivity index (χ1v) is 8.14. The van der Waals surface area contributed by atoms with Gasteiger partial charge in [-0.25, -0.2) is 0 Å². The fourth-order valence-electron chi connectivity index (χ4n) is 2.65. The lowest BCUT2D eigenvalue weighted by Gasteiger charge is -2.06. The van der Waals surface area contributed by atoms with Crippen molar-refractivity contribution in [2.24, 2.45) is 0 Å². The average molecular weight is 340 g/mol. The van der Waals surface area contributed by atoms with Gasteiger partial charge in [-0.05, 0) is 47.6 Å². The summed E-state index contributed by atoms with van der Waals surface area (Å²) < 4.78 is 11.1. The molecule has 5 heteroatoms. The molecular weight excluding hydrogens is 320 g/mol. The smallest absolute Gasteiger partial charge is 0.174 e. The molecule has 4 nitrogen and oxygen atoms in total. The van der Waals surface area contributed by atoms with Crippen LogP contribution in [0.2, 0.25) is 0 Å². The van der Waals surface area contributed by atoms with Crippen molar-refractivity contribution in [2.75, 3.05) is 14.2 Å². The molecule has 0 fully saturated rings. The van der Waals surface area contributed by atoms with Crippen LogP contribution >= 0.6 is 12.2 Å². The van der Waals surface area contributed by atoms with E-state index in [0.29, 0.717) is 4.77 Å². The second-order valence-corrected chi connectivity index (χ2v) is 5.99. The number of ether oxygens (including phenoxy) is 2. The van der Waals surface area contributed by atoms with Gasteiger partial charge in [0, 0.05) is 24.2 Å². The zero-order chi connectivity index (χ0) is 16.9. The van der Waals surface area contributed by atoms with E-state index < -0.39 is 0 Å². The third-order valence-electron chi connectivity index (χ3n) is 3.97. The van der Waals surface area contributed by atoms with E-state index in [9.17, 15) is 0 Å². The molecule has 1 aromatic heterocycles. The van der Waals surface area contributed by atoms with Gasteiger partial charge in [-0.3, -0.25) is 0 Å². The van der Waals surface area contributed by atoms with Crippen LogP contribution in [0.4, 0.5) is 0 Å². The quantitative estimate of drug-likeness (QED) is 0.659. The van der Waals surface area contributed by atoms with Gasteiger partial charge in [0.25, 0.3) is 0 Å². The Kier molecular flexibility index (Phi) is 5.01. The molecule has 0 saturated carbocycles. The van der Waals surface area contributed by atoms with E-state index in [1.807, 2.05) is 24.3 Å².